The Hall–Kier alpha value is -9.96. The van der Waals surface area contributed by atoms with Gasteiger partial charge < -0.3 is 77.4 Å². The lowest BCUT2D eigenvalue weighted by Crippen LogP contribution is -2.63. The number of H-pyrrole nitrogens is 2. The van der Waals surface area contributed by atoms with Crippen molar-refractivity contribution in [1.29, 1.82) is 0 Å². The number of ketones is 2. The van der Waals surface area contributed by atoms with Crippen molar-refractivity contribution in [1.82, 2.24) is 57.0 Å². The van der Waals surface area contributed by atoms with Gasteiger partial charge in [0, 0.05) is 105 Å². The van der Waals surface area contributed by atoms with Gasteiger partial charge in [-0.15, -0.1) is 0 Å². The van der Waals surface area contributed by atoms with Crippen molar-refractivity contribution in [2.24, 2.45) is 17.6 Å². The molecule has 0 unspecified atom stereocenters. The summed E-state index contributed by atoms with van der Waals surface area (Å²) in [7, 11) is 1.47. The van der Waals surface area contributed by atoms with E-state index in [0.29, 0.717) is 64.5 Å². The van der Waals surface area contributed by atoms with E-state index in [1.807, 2.05) is 12.1 Å². The van der Waals surface area contributed by atoms with Gasteiger partial charge in [0.2, 0.25) is 53.2 Å². The highest BCUT2D eigenvalue weighted by atomic mass is 19.1. The molecule has 4 aliphatic rings. The molecule has 11 atom stereocenters. The fourth-order valence-corrected chi connectivity index (χ4v) is 13.5. The average Bonchev–Trinajstić information content (AvgIpc) is 1.71. The van der Waals surface area contributed by atoms with Crippen LogP contribution in [0.4, 0.5) is 13.2 Å². The number of rotatable bonds is 14. The zero-order valence-electron chi connectivity index (χ0n) is 57.2. The van der Waals surface area contributed by atoms with Gasteiger partial charge in [-0.3, -0.25) is 47.9 Å². The highest BCUT2D eigenvalue weighted by Gasteiger charge is 2.49. The van der Waals surface area contributed by atoms with E-state index in [0.717, 1.165) is 10.5 Å². The highest BCUT2D eigenvalue weighted by molar-refractivity contribution is 6.00. The predicted molar refractivity (Wildman–Crippen MR) is 366 cm³/mol. The summed E-state index contributed by atoms with van der Waals surface area (Å²) in [6.07, 6.45) is -1.65. The largest absolute Gasteiger partial charge is 0.497 e. The molecule has 25 nitrogen and oxygen atoms in total. The number of benzene rings is 4. The number of hydrogen-bond acceptors (Lipinski definition) is 14. The summed E-state index contributed by atoms with van der Waals surface area (Å²) in [4.78, 5) is 167. The van der Waals surface area contributed by atoms with E-state index in [1.54, 1.807) is 43.3 Å². The maximum Gasteiger partial charge on any atom is 0.246 e. The van der Waals surface area contributed by atoms with Crippen molar-refractivity contribution in [2.45, 2.75) is 172 Å². The van der Waals surface area contributed by atoms with Crippen LogP contribution in [0.2, 0.25) is 0 Å². The van der Waals surface area contributed by atoms with Crippen LogP contribution in [-0.2, 0) is 85.0 Å². The van der Waals surface area contributed by atoms with Gasteiger partial charge in [-0.05, 0) is 142 Å². The molecule has 9 amide bonds. The van der Waals surface area contributed by atoms with E-state index in [1.165, 1.54) is 81.6 Å². The number of nitrogens with one attached hydrogen (secondary N) is 9. The average molecular weight is 1400 g/mol. The molecule has 2 saturated heterocycles. The van der Waals surface area contributed by atoms with E-state index in [9.17, 15) is 47.9 Å². The fraction of sp³-hybridized carbons (Fsp3) is 0.466. The summed E-state index contributed by atoms with van der Waals surface area (Å²) in [5.74, 6) is -11.9. The van der Waals surface area contributed by atoms with Gasteiger partial charge >= 0.3 is 0 Å². The van der Waals surface area contributed by atoms with E-state index in [-0.39, 0.29) is 69.2 Å². The van der Waals surface area contributed by atoms with E-state index < -0.39 is 174 Å². The molecule has 2 aromatic heterocycles. The van der Waals surface area contributed by atoms with Crippen molar-refractivity contribution in [3.63, 3.8) is 0 Å². The maximum absolute atomic E-state index is 16.2. The summed E-state index contributed by atoms with van der Waals surface area (Å²) in [5, 5.41) is 31.0. The molecule has 101 heavy (non-hydrogen) atoms. The third-order valence-electron chi connectivity index (χ3n) is 19.2. The van der Waals surface area contributed by atoms with Crippen molar-refractivity contribution >= 4 is 86.5 Å². The number of aromatic amines is 2. The number of carbonyl (C=O) groups is 11. The first-order chi connectivity index (χ1) is 48.2. The number of nitrogens with zero attached hydrogens (tertiary/aromatic N) is 2. The Morgan fingerprint density at radius 1 is 0.703 bits per heavy atom. The van der Waals surface area contributed by atoms with Gasteiger partial charge in [0.25, 0.3) is 0 Å². The molecule has 0 radical (unpaired) electrons. The number of aromatic nitrogens is 2. The van der Waals surface area contributed by atoms with Gasteiger partial charge in [0.1, 0.15) is 65.1 Å². The summed E-state index contributed by atoms with van der Waals surface area (Å²) >= 11 is 0. The Balaban J connectivity index is 1.07. The second-order valence-electron chi connectivity index (χ2n) is 26.9. The molecule has 2 fully saturated rings. The number of alkyl halides is 1. The number of hydrogen-bond donors (Lipinski definition) is 11. The van der Waals surface area contributed by atoms with Crippen LogP contribution in [0, 0.1) is 23.5 Å². The lowest BCUT2D eigenvalue weighted by Gasteiger charge is -2.37. The summed E-state index contributed by atoms with van der Waals surface area (Å²) in [6, 6.07) is 11.9. The van der Waals surface area contributed by atoms with E-state index in [4.69, 9.17) is 10.5 Å². The minimum absolute atomic E-state index is 0.0373. The van der Waals surface area contributed by atoms with Gasteiger partial charge in [0.15, 0.2) is 5.78 Å². The highest BCUT2D eigenvalue weighted by Crippen LogP contribution is 2.32. The number of aliphatic hydroxyl groups excluding tert-OH is 1. The van der Waals surface area contributed by atoms with Gasteiger partial charge in [0.05, 0.1) is 31.7 Å². The number of aliphatic hydroxyl groups is 1. The third kappa shape index (κ3) is 19.1. The molecule has 28 heteroatoms. The number of halogens is 3. The molecule has 6 aromatic rings. The van der Waals surface area contributed by atoms with Crippen LogP contribution in [0.25, 0.3) is 21.8 Å². The first-order valence-corrected chi connectivity index (χ1v) is 34.2. The van der Waals surface area contributed by atoms with Crippen molar-refractivity contribution in [2.75, 3.05) is 33.3 Å². The summed E-state index contributed by atoms with van der Waals surface area (Å²) in [5.41, 5.74) is 7.91. The number of ether oxygens (including phenoxy) is 1. The molecule has 6 heterocycles. The SMILES string of the molecule is COc1ccc(C[C@@H]2NC(=O)[C@H]([C@@H](C)O)NC(=O)[C@@H]3C[C@H](F)CN3C(=O)[C@H](Cc3c[nH]c4ccc(F)cc34)NC(=O)[C@H](Cc3c[nH]c4ccc(F)cc34)NC(=O)[C@@H](C)CC(=O)[C@H](CCCCN)NC(=O)[C@@H](CC(C)=O)CC(=O)NCc3ccc(cc3)CCNC(=O)[C@]3(C)CCCN3C2=O)cc1. The lowest BCUT2D eigenvalue weighted by atomic mass is 9.93. The summed E-state index contributed by atoms with van der Waals surface area (Å²) in [6.45, 7) is 5.29. The van der Waals surface area contributed by atoms with Crippen LogP contribution in [0.3, 0.4) is 0 Å². The zero-order valence-corrected chi connectivity index (χ0v) is 57.2. The molecular formula is C73H89F3N12O13. The lowest BCUT2D eigenvalue weighted by molar-refractivity contribution is -0.147. The standard InChI is InChI=1S/C73H89F3N12O13/c1-40-27-62(91)57(9-6-7-24-77)82-66(94)46(28-41(2)89)32-63(92)81-36-45-12-10-43(11-13-45)22-25-78-72(100)73(4)23-8-26-88(73)71(99)59(29-44-14-18-52(101-5)19-15-44)85-69(97)64(42(3)90)86-68(96)61-35-51(76)39-87(61)70(98)60(31-48-38-80-56-21-17-50(75)34-54(48)56)84-67(95)58(83-65(40)93)30-47-37-79-55-20-16-49(74)33-53(47)55/h10-21,33-34,37-38,40,42,46,51,57-61,64,79-80,90H,6-9,22-32,35-36,39,77H2,1-5H3,(H,78,100)(H,81,92)(H,82,94)(H,83,93)(H,84,95)(H,85,97)(H,86,96)/t40-,42+,46-,51-,57-,58-,59-,60-,61-,64-,73-/m0/s1. The smallest absolute Gasteiger partial charge is 0.246 e. The molecule has 0 spiro atoms. The Labute approximate surface area is 582 Å². The van der Waals surface area contributed by atoms with Crippen LogP contribution >= 0.6 is 0 Å². The molecule has 4 aliphatic heterocycles. The number of carbonyl (C=O) groups excluding carboxylic acids is 11. The van der Waals surface area contributed by atoms with Crippen LogP contribution in [-0.4, -0.2) is 177 Å². The Morgan fingerprint density at radius 3 is 1.93 bits per heavy atom. The normalized spacial score (nSPS) is 25.1. The molecule has 2 bridgehead atoms. The fourth-order valence-electron chi connectivity index (χ4n) is 13.5. The van der Waals surface area contributed by atoms with Crippen LogP contribution in [0.5, 0.6) is 5.75 Å². The monoisotopic (exact) mass is 1400 g/mol. The minimum atomic E-state index is -1.87. The Kier molecular flexibility index (Phi) is 25.3. The zero-order chi connectivity index (χ0) is 72.8. The van der Waals surface area contributed by atoms with E-state index >= 15 is 23.2 Å². The topological polar surface area (TPSA) is 366 Å². The maximum atomic E-state index is 16.2. The molecule has 10 rings (SSSR count). The minimum Gasteiger partial charge on any atom is -0.497 e. The van der Waals surface area contributed by atoms with Crippen LogP contribution in [0.15, 0.2) is 97.3 Å². The predicted octanol–water partition coefficient (Wildman–Crippen LogP) is 3.79. The molecule has 4 aromatic carbocycles. The number of unbranched alkanes of at least 4 members (excludes halogenated alkanes) is 1. The third-order valence-corrected chi connectivity index (χ3v) is 19.2. The van der Waals surface area contributed by atoms with E-state index in [2.05, 4.69) is 47.2 Å². The summed E-state index contributed by atoms with van der Waals surface area (Å²) < 4.78 is 51.5. The number of nitrogens with two attached hydrogens (primary N) is 1. The second kappa shape index (κ2) is 33.9. The van der Waals surface area contributed by atoms with Crippen LogP contribution < -0.4 is 47.7 Å². The molecule has 12 N–H and O–H groups in total. The van der Waals surface area contributed by atoms with Crippen molar-refractivity contribution < 1.29 is 75.8 Å². The van der Waals surface area contributed by atoms with Gasteiger partial charge in [-0.25, -0.2) is 13.2 Å². The number of Topliss-reactive ketones (excluding diaryl/α,β-unsaturated/α-hetero) is 2. The van der Waals surface area contributed by atoms with Gasteiger partial charge in [-0.1, -0.05) is 43.3 Å². The molecular weight excluding hydrogens is 1310 g/mol. The quantitative estimate of drug-likeness (QED) is 0.0692. The first-order valence-electron chi connectivity index (χ1n) is 34.2. The van der Waals surface area contributed by atoms with Crippen LogP contribution in [0.1, 0.15) is 113 Å². The van der Waals surface area contributed by atoms with Gasteiger partial charge in [-0.2, -0.15) is 0 Å². The Morgan fingerprint density at radius 2 is 1.31 bits per heavy atom. The van der Waals surface area contributed by atoms with Crippen molar-refractivity contribution in [3.8, 4) is 5.75 Å². The number of amides is 9. The number of fused-ring (bicyclic) bond motifs is 30. The second-order valence-corrected chi connectivity index (χ2v) is 26.9. The Bertz CT molecular complexity index is 4030. The molecule has 0 saturated carbocycles. The number of methoxy groups -OCH3 is 1. The molecule has 540 valence electrons. The van der Waals surface area contributed by atoms with Crippen molar-refractivity contribution in [3.05, 3.63) is 137 Å². The first kappa shape index (κ1) is 75.2. The molecule has 0 aliphatic carbocycles.